The molecule has 1 aliphatic heterocycles. The van der Waals surface area contributed by atoms with Crippen molar-refractivity contribution in [2.75, 3.05) is 19.7 Å². The van der Waals surface area contributed by atoms with Gasteiger partial charge in [-0.05, 0) is 32.1 Å². The molecular formula is C12H24NO. The first-order valence-corrected chi connectivity index (χ1v) is 6.12. The average molecular weight is 198 g/mol. The number of rotatable bonds is 6. The quantitative estimate of drug-likeness (QED) is 0.650. The molecule has 1 fully saturated rings. The highest BCUT2D eigenvalue weighted by Gasteiger charge is 2.21. The molecule has 0 atom stereocenters. The van der Waals surface area contributed by atoms with Crippen LogP contribution < -0.4 is 0 Å². The summed E-state index contributed by atoms with van der Waals surface area (Å²) in [6, 6.07) is 0. The van der Waals surface area contributed by atoms with E-state index in [-0.39, 0.29) is 0 Å². The van der Waals surface area contributed by atoms with Crippen molar-refractivity contribution in [2.45, 2.75) is 52.4 Å². The van der Waals surface area contributed by atoms with Gasteiger partial charge in [-0.1, -0.05) is 20.3 Å². The van der Waals surface area contributed by atoms with Crippen molar-refractivity contribution in [3.05, 3.63) is 6.23 Å². The lowest BCUT2D eigenvalue weighted by Crippen LogP contribution is -2.34. The molecular weight excluding hydrogens is 174 g/mol. The van der Waals surface area contributed by atoms with Crippen LogP contribution in [0.4, 0.5) is 0 Å². The molecule has 0 spiro atoms. The molecule has 1 saturated heterocycles. The third-order valence-corrected chi connectivity index (χ3v) is 2.68. The zero-order valence-corrected chi connectivity index (χ0v) is 9.72. The van der Waals surface area contributed by atoms with Crippen molar-refractivity contribution in [2.24, 2.45) is 0 Å². The van der Waals surface area contributed by atoms with Gasteiger partial charge in [0.25, 0.3) is 0 Å². The van der Waals surface area contributed by atoms with Crippen LogP contribution in [0, 0.1) is 6.23 Å². The molecule has 14 heavy (non-hydrogen) atoms. The Balaban J connectivity index is 2.30. The summed E-state index contributed by atoms with van der Waals surface area (Å²) in [5.74, 6) is 0. The van der Waals surface area contributed by atoms with E-state index in [9.17, 15) is 0 Å². The van der Waals surface area contributed by atoms with Gasteiger partial charge in [-0.15, -0.1) is 0 Å². The predicted molar refractivity (Wildman–Crippen MR) is 59.8 cm³/mol. The molecule has 0 aromatic carbocycles. The van der Waals surface area contributed by atoms with E-state index < -0.39 is 0 Å². The number of nitrogens with zero attached hydrogens (tertiary/aromatic N) is 1. The van der Waals surface area contributed by atoms with Gasteiger partial charge in [-0.25, -0.2) is 0 Å². The van der Waals surface area contributed by atoms with E-state index in [1.807, 2.05) is 0 Å². The Labute approximate surface area is 88.6 Å². The molecule has 0 aliphatic carbocycles. The third-order valence-electron chi connectivity index (χ3n) is 2.68. The van der Waals surface area contributed by atoms with Gasteiger partial charge in [0, 0.05) is 19.7 Å². The molecule has 0 N–H and O–H groups in total. The lowest BCUT2D eigenvalue weighted by Gasteiger charge is -2.32. The molecule has 0 aromatic heterocycles. The van der Waals surface area contributed by atoms with Crippen molar-refractivity contribution in [1.82, 2.24) is 4.90 Å². The third kappa shape index (κ3) is 3.97. The second-order valence-corrected chi connectivity index (χ2v) is 4.04. The Kier molecular flexibility index (Phi) is 6.20. The van der Waals surface area contributed by atoms with Gasteiger partial charge in [-0.2, -0.15) is 0 Å². The van der Waals surface area contributed by atoms with Gasteiger partial charge >= 0.3 is 0 Å². The minimum absolute atomic E-state index is 0.932. The van der Waals surface area contributed by atoms with Crippen molar-refractivity contribution in [3.63, 3.8) is 0 Å². The van der Waals surface area contributed by atoms with Gasteiger partial charge in [0.05, 0.1) is 0 Å². The second-order valence-electron chi connectivity index (χ2n) is 4.04. The zero-order chi connectivity index (χ0) is 10.2. The van der Waals surface area contributed by atoms with E-state index in [0.29, 0.717) is 0 Å². The fourth-order valence-corrected chi connectivity index (χ4v) is 1.87. The normalized spacial score (nSPS) is 19.1. The topological polar surface area (TPSA) is 12.5 Å². The number of ether oxygens (including phenoxy) is 1. The Hall–Kier alpha value is -0.0800. The summed E-state index contributed by atoms with van der Waals surface area (Å²) in [6.45, 7) is 7.76. The Morgan fingerprint density at radius 3 is 2.57 bits per heavy atom. The summed E-state index contributed by atoms with van der Waals surface area (Å²) in [4.78, 5) is 2.45. The molecule has 0 saturated carbocycles. The lowest BCUT2D eigenvalue weighted by molar-refractivity contribution is 0.00312. The van der Waals surface area contributed by atoms with E-state index in [0.717, 1.165) is 19.6 Å². The Morgan fingerprint density at radius 2 is 2.00 bits per heavy atom. The van der Waals surface area contributed by atoms with Crippen LogP contribution in [0.2, 0.25) is 0 Å². The molecule has 1 heterocycles. The van der Waals surface area contributed by atoms with Crippen LogP contribution in [0.15, 0.2) is 0 Å². The van der Waals surface area contributed by atoms with Gasteiger partial charge < -0.3 is 4.74 Å². The maximum absolute atomic E-state index is 5.73. The van der Waals surface area contributed by atoms with Crippen LogP contribution in [-0.2, 0) is 4.74 Å². The predicted octanol–water partition coefficient (Wildman–Crippen LogP) is 3.19. The molecule has 0 unspecified atom stereocenters. The van der Waals surface area contributed by atoms with Crippen LogP contribution in [0.25, 0.3) is 0 Å². The molecule has 0 bridgehead atoms. The summed E-state index contributed by atoms with van der Waals surface area (Å²) in [7, 11) is 0. The van der Waals surface area contributed by atoms with E-state index in [1.165, 1.54) is 44.9 Å². The molecule has 1 aliphatic rings. The monoisotopic (exact) mass is 198 g/mol. The van der Waals surface area contributed by atoms with Crippen molar-refractivity contribution >= 4 is 0 Å². The number of hydrogen-bond acceptors (Lipinski definition) is 2. The largest absolute Gasteiger partial charge is 0.356 e. The molecule has 1 radical (unpaired) electrons. The van der Waals surface area contributed by atoms with E-state index in [4.69, 9.17) is 4.74 Å². The summed E-state index contributed by atoms with van der Waals surface area (Å²) in [5.41, 5.74) is 0. The van der Waals surface area contributed by atoms with Crippen LogP contribution in [-0.4, -0.2) is 24.6 Å². The van der Waals surface area contributed by atoms with Crippen molar-refractivity contribution in [1.29, 1.82) is 0 Å². The highest BCUT2D eigenvalue weighted by Crippen LogP contribution is 2.23. The van der Waals surface area contributed by atoms with Crippen LogP contribution in [0.1, 0.15) is 52.4 Å². The molecule has 2 nitrogen and oxygen atoms in total. The summed E-state index contributed by atoms with van der Waals surface area (Å²) in [6.07, 6.45) is 8.73. The molecule has 0 aromatic rings. The molecule has 83 valence electrons. The molecule has 0 amide bonds. The van der Waals surface area contributed by atoms with Crippen LogP contribution in [0.3, 0.4) is 0 Å². The van der Waals surface area contributed by atoms with Crippen molar-refractivity contribution < 1.29 is 4.74 Å². The second kappa shape index (κ2) is 7.24. The molecule has 1 rings (SSSR count). The van der Waals surface area contributed by atoms with Gasteiger partial charge in [-0.3, -0.25) is 4.90 Å². The standard InChI is InChI=1S/C12H24NO/c1-3-5-10-13(9-4-2)12-8-6-7-11-14-12/h3-11H2,1-2H3. The van der Waals surface area contributed by atoms with Crippen LogP contribution in [0.5, 0.6) is 0 Å². The zero-order valence-electron chi connectivity index (χ0n) is 9.72. The maximum Gasteiger partial charge on any atom is 0.164 e. The SMILES string of the molecule is CCCCN(CCC)[C]1CCCCO1. The van der Waals surface area contributed by atoms with Crippen LogP contribution >= 0.6 is 0 Å². The summed E-state index contributed by atoms with van der Waals surface area (Å²) < 4.78 is 5.73. The first kappa shape index (κ1) is 12.0. The highest BCUT2D eigenvalue weighted by molar-refractivity contribution is 4.82. The first-order valence-electron chi connectivity index (χ1n) is 6.12. The minimum atomic E-state index is 0.932. The number of hydrogen-bond donors (Lipinski definition) is 0. The maximum atomic E-state index is 5.73. The van der Waals surface area contributed by atoms with E-state index in [2.05, 4.69) is 18.7 Å². The smallest absolute Gasteiger partial charge is 0.164 e. The Morgan fingerprint density at radius 1 is 1.14 bits per heavy atom. The summed E-state index contributed by atoms with van der Waals surface area (Å²) in [5, 5.41) is 0. The summed E-state index contributed by atoms with van der Waals surface area (Å²) >= 11 is 0. The van der Waals surface area contributed by atoms with Gasteiger partial charge in [0.1, 0.15) is 0 Å². The minimum Gasteiger partial charge on any atom is -0.356 e. The highest BCUT2D eigenvalue weighted by atomic mass is 16.5. The van der Waals surface area contributed by atoms with E-state index >= 15 is 0 Å². The van der Waals surface area contributed by atoms with Gasteiger partial charge in [0.2, 0.25) is 0 Å². The fraction of sp³-hybridized carbons (Fsp3) is 0.917. The number of unbranched alkanes of at least 4 members (excludes halogenated alkanes) is 1. The van der Waals surface area contributed by atoms with E-state index in [1.54, 1.807) is 0 Å². The van der Waals surface area contributed by atoms with Crippen molar-refractivity contribution in [3.8, 4) is 0 Å². The Bertz CT molecular complexity index is 132. The first-order chi connectivity index (χ1) is 6.88. The van der Waals surface area contributed by atoms with Gasteiger partial charge in [0.15, 0.2) is 6.23 Å². The average Bonchev–Trinajstić information content (AvgIpc) is 2.25. The molecule has 2 heteroatoms. The lowest BCUT2D eigenvalue weighted by atomic mass is 10.1. The fourth-order valence-electron chi connectivity index (χ4n) is 1.87.